The highest BCUT2D eigenvalue weighted by Gasteiger charge is 2.20. The Bertz CT molecular complexity index is 563. The third kappa shape index (κ3) is 2.40. The number of hydrogen-bond acceptors (Lipinski definition) is 2. The first-order valence-electron chi connectivity index (χ1n) is 5.96. The summed E-state index contributed by atoms with van der Waals surface area (Å²) in [5.74, 6) is -0.441. The molecule has 1 aliphatic rings. The molecule has 18 heavy (non-hydrogen) atoms. The fourth-order valence-electron chi connectivity index (χ4n) is 1.80. The third-order valence-corrected chi connectivity index (χ3v) is 3.26. The summed E-state index contributed by atoms with van der Waals surface area (Å²) in [6.45, 7) is 0.722. The minimum atomic E-state index is -0.441. The van der Waals surface area contributed by atoms with E-state index in [1.807, 2.05) is 6.07 Å². The molecule has 1 fully saturated rings. The largest absolute Gasteiger partial charge is 0.308 e. The molecule has 1 aromatic carbocycles. The van der Waals surface area contributed by atoms with Gasteiger partial charge in [-0.15, -0.1) is 0 Å². The first-order chi connectivity index (χ1) is 8.74. The summed E-state index contributed by atoms with van der Waals surface area (Å²) in [6.07, 6.45) is 4.23. The van der Waals surface area contributed by atoms with Gasteiger partial charge in [0, 0.05) is 18.8 Å². The number of halogens is 2. The highest BCUT2D eigenvalue weighted by atomic mass is 35.5. The zero-order valence-electron chi connectivity index (χ0n) is 9.74. The van der Waals surface area contributed by atoms with Crippen molar-refractivity contribution in [1.82, 2.24) is 15.1 Å². The Balaban J connectivity index is 1.80. The van der Waals surface area contributed by atoms with Crippen LogP contribution in [0, 0.1) is 5.82 Å². The number of nitrogens with zero attached hydrogens (tertiary/aromatic N) is 2. The van der Waals surface area contributed by atoms with E-state index in [1.165, 1.54) is 23.6 Å². The molecular weight excluding hydrogens is 253 g/mol. The van der Waals surface area contributed by atoms with Crippen LogP contribution in [0.4, 0.5) is 4.39 Å². The maximum absolute atomic E-state index is 13.8. The van der Waals surface area contributed by atoms with Gasteiger partial charge in [-0.3, -0.25) is 0 Å². The van der Waals surface area contributed by atoms with Crippen molar-refractivity contribution in [2.45, 2.75) is 25.4 Å². The van der Waals surface area contributed by atoms with Crippen molar-refractivity contribution in [2.24, 2.45) is 0 Å². The number of rotatable bonds is 4. The van der Waals surface area contributed by atoms with Crippen molar-refractivity contribution in [3.05, 3.63) is 47.0 Å². The molecule has 1 aromatic heterocycles. The fraction of sp³-hybridized carbons (Fsp3) is 0.308. The molecule has 2 aromatic rings. The van der Waals surface area contributed by atoms with E-state index < -0.39 is 5.82 Å². The normalized spacial score (nSPS) is 15.0. The Morgan fingerprint density at radius 3 is 3.00 bits per heavy atom. The third-order valence-electron chi connectivity index (χ3n) is 2.97. The molecule has 1 N–H and O–H groups in total. The highest BCUT2D eigenvalue weighted by Crippen LogP contribution is 2.21. The van der Waals surface area contributed by atoms with Gasteiger partial charge in [0.2, 0.25) is 0 Å². The van der Waals surface area contributed by atoms with E-state index in [0.717, 1.165) is 12.2 Å². The molecule has 0 amide bonds. The van der Waals surface area contributed by atoms with Crippen LogP contribution in [-0.4, -0.2) is 15.8 Å². The lowest BCUT2D eigenvalue weighted by atomic mass is 10.3. The first-order valence-corrected chi connectivity index (χ1v) is 6.34. The van der Waals surface area contributed by atoms with Crippen LogP contribution < -0.4 is 5.32 Å². The van der Waals surface area contributed by atoms with Gasteiger partial charge < -0.3 is 5.32 Å². The van der Waals surface area contributed by atoms with E-state index in [9.17, 15) is 4.39 Å². The lowest BCUT2D eigenvalue weighted by Gasteiger charge is -2.04. The van der Waals surface area contributed by atoms with Gasteiger partial charge in [-0.2, -0.15) is 5.10 Å². The van der Waals surface area contributed by atoms with Gasteiger partial charge in [-0.05, 0) is 31.0 Å². The Morgan fingerprint density at radius 1 is 1.39 bits per heavy atom. The van der Waals surface area contributed by atoms with Gasteiger partial charge in [0.15, 0.2) is 5.82 Å². The smallest absolute Gasteiger partial charge is 0.167 e. The van der Waals surface area contributed by atoms with E-state index in [0.29, 0.717) is 11.7 Å². The molecule has 94 valence electrons. The zero-order chi connectivity index (χ0) is 12.5. The van der Waals surface area contributed by atoms with Gasteiger partial charge in [0.25, 0.3) is 0 Å². The van der Waals surface area contributed by atoms with Gasteiger partial charge in [-0.1, -0.05) is 17.7 Å². The maximum atomic E-state index is 13.8. The summed E-state index contributed by atoms with van der Waals surface area (Å²) in [4.78, 5) is 0. The van der Waals surface area contributed by atoms with Crippen LogP contribution in [0.1, 0.15) is 18.5 Å². The number of benzene rings is 1. The average molecular weight is 266 g/mol. The van der Waals surface area contributed by atoms with Crippen LogP contribution in [0.25, 0.3) is 5.69 Å². The van der Waals surface area contributed by atoms with Crippen LogP contribution in [0.5, 0.6) is 0 Å². The van der Waals surface area contributed by atoms with Gasteiger partial charge in [-0.25, -0.2) is 9.07 Å². The summed E-state index contributed by atoms with van der Waals surface area (Å²) in [5, 5.41) is 7.82. The molecule has 0 spiro atoms. The number of hydrogen-bond donors (Lipinski definition) is 1. The van der Waals surface area contributed by atoms with Crippen molar-refractivity contribution in [3.8, 4) is 5.69 Å². The minimum Gasteiger partial charge on any atom is -0.308 e. The van der Waals surface area contributed by atoms with E-state index in [1.54, 1.807) is 18.3 Å². The molecule has 0 saturated heterocycles. The molecule has 3 nitrogen and oxygen atoms in total. The molecule has 3 rings (SSSR count). The standard InChI is InChI=1S/C13H13ClFN3/c14-11-2-1-3-12(13(11)15)18-7-6-10(17-18)8-16-9-4-5-9/h1-3,6-7,9,16H,4-5,8H2. The predicted molar refractivity (Wildman–Crippen MR) is 68.4 cm³/mol. The topological polar surface area (TPSA) is 29.9 Å². The molecule has 1 aliphatic carbocycles. The van der Waals surface area contributed by atoms with Crippen molar-refractivity contribution < 1.29 is 4.39 Å². The van der Waals surface area contributed by atoms with Crippen molar-refractivity contribution in [3.63, 3.8) is 0 Å². The highest BCUT2D eigenvalue weighted by molar-refractivity contribution is 6.30. The Morgan fingerprint density at radius 2 is 2.22 bits per heavy atom. The second-order valence-corrected chi connectivity index (χ2v) is 4.89. The van der Waals surface area contributed by atoms with Crippen LogP contribution >= 0.6 is 11.6 Å². The van der Waals surface area contributed by atoms with Crippen LogP contribution in [0.3, 0.4) is 0 Å². The lowest BCUT2D eigenvalue weighted by Crippen LogP contribution is -2.15. The SMILES string of the molecule is Fc1c(Cl)cccc1-n1ccc(CNC2CC2)n1. The second-order valence-electron chi connectivity index (χ2n) is 4.48. The number of nitrogens with one attached hydrogen (secondary N) is 1. The molecule has 0 aliphatic heterocycles. The quantitative estimate of drug-likeness (QED) is 0.921. The predicted octanol–water partition coefficient (Wildman–Crippen LogP) is 2.92. The number of aromatic nitrogens is 2. The minimum absolute atomic E-state index is 0.112. The van der Waals surface area contributed by atoms with E-state index >= 15 is 0 Å². The van der Waals surface area contributed by atoms with Crippen molar-refractivity contribution >= 4 is 11.6 Å². The van der Waals surface area contributed by atoms with Gasteiger partial charge in [0.1, 0.15) is 5.69 Å². The molecule has 1 saturated carbocycles. The Labute approximate surface area is 110 Å². The van der Waals surface area contributed by atoms with Crippen LogP contribution in [0.2, 0.25) is 5.02 Å². The van der Waals surface area contributed by atoms with E-state index in [4.69, 9.17) is 11.6 Å². The maximum Gasteiger partial charge on any atom is 0.167 e. The lowest BCUT2D eigenvalue weighted by molar-refractivity contribution is 0.607. The summed E-state index contributed by atoms with van der Waals surface area (Å²) >= 11 is 5.75. The molecular formula is C13H13ClFN3. The molecule has 0 atom stereocenters. The molecule has 5 heteroatoms. The van der Waals surface area contributed by atoms with Gasteiger partial charge >= 0.3 is 0 Å². The second kappa shape index (κ2) is 4.71. The summed E-state index contributed by atoms with van der Waals surface area (Å²) in [6, 6.07) is 7.42. The van der Waals surface area contributed by atoms with Crippen molar-refractivity contribution in [2.75, 3.05) is 0 Å². The summed E-state index contributed by atoms with van der Waals surface area (Å²) in [7, 11) is 0. The van der Waals surface area contributed by atoms with Crippen molar-refractivity contribution in [1.29, 1.82) is 0 Å². The summed E-state index contributed by atoms with van der Waals surface area (Å²) in [5.41, 5.74) is 1.28. The summed E-state index contributed by atoms with van der Waals surface area (Å²) < 4.78 is 15.3. The van der Waals surface area contributed by atoms with Gasteiger partial charge in [0.05, 0.1) is 10.7 Å². The van der Waals surface area contributed by atoms with E-state index in [2.05, 4.69) is 10.4 Å². The molecule has 0 radical (unpaired) electrons. The first kappa shape index (κ1) is 11.7. The Hall–Kier alpha value is -1.39. The van der Waals surface area contributed by atoms with Crippen LogP contribution in [0.15, 0.2) is 30.5 Å². The molecule has 0 bridgehead atoms. The van der Waals surface area contributed by atoms with E-state index in [-0.39, 0.29) is 5.02 Å². The molecule has 0 unspecified atom stereocenters. The fourth-order valence-corrected chi connectivity index (χ4v) is 1.97. The zero-order valence-corrected chi connectivity index (χ0v) is 10.5. The van der Waals surface area contributed by atoms with Crippen LogP contribution in [-0.2, 0) is 6.54 Å². The monoisotopic (exact) mass is 265 g/mol. The molecule has 1 heterocycles. The average Bonchev–Trinajstić information content (AvgIpc) is 3.08. The Kier molecular flexibility index (Phi) is 3.06.